The summed E-state index contributed by atoms with van der Waals surface area (Å²) >= 11 is 5.67. The highest BCUT2D eigenvalue weighted by Crippen LogP contribution is 2.31. The van der Waals surface area contributed by atoms with Crippen molar-refractivity contribution < 1.29 is 23.8 Å². The normalized spacial score (nSPS) is 14.1. The number of hydrogen-bond donors (Lipinski definition) is 0. The van der Waals surface area contributed by atoms with Crippen molar-refractivity contribution in [2.75, 3.05) is 7.11 Å². The number of hydrogen-bond acceptors (Lipinski definition) is 6. The van der Waals surface area contributed by atoms with E-state index in [4.69, 9.17) is 14.2 Å². The van der Waals surface area contributed by atoms with Gasteiger partial charge >= 0.3 is 11.9 Å². The number of benzene rings is 3. The first-order chi connectivity index (χ1) is 15.8. The Bertz CT molecular complexity index is 1330. The third kappa shape index (κ3) is 5.33. The maximum atomic E-state index is 12.5. The van der Waals surface area contributed by atoms with Crippen molar-refractivity contribution in [3.05, 3.63) is 96.7 Å². The SMILES string of the molecule is COc1cc(/C=C2\N=C(c3ccc(I)c(Br)c3)OC2=O)ccc1OC(=O)c1cccc(C)c1. The second kappa shape index (κ2) is 9.88. The Kier molecular flexibility index (Phi) is 6.94. The summed E-state index contributed by atoms with van der Waals surface area (Å²) in [6.45, 7) is 1.90. The molecule has 0 aliphatic carbocycles. The number of aryl methyl sites for hydroxylation is 1. The maximum absolute atomic E-state index is 12.5. The fraction of sp³-hybridized carbons (Fsp3) is 0.0800. The largest absolute Gasteiger partial charge is 0.493 e. The van der Waals surface area contributed by atoms with Crippen molar-refractivity contribution in [3.63, 3.8) is 0 Å². The van der Waals surface area contributed by atoms with E-state index < -0.39 is 11.9 Å². The zero-order valence-electron chi connectivity index (χ0n) is 17.6. The summed E-state index contributed by atoms with van der Waals surface area (Å²) in [6.07, 6.45) is 1.59. The Labute approximate surface area is 212 Å². The fourth-order valence-corrected chi connectivity index (χ4v) is 3.82. The van der Waals surface area contributed by atoms with E-state index in [2.05, 4.69) is 43.5 Å². The standard InChI is InChI=1S/C25H17BrINO5/c1-14-4-3-5-17(10-14)24(29)32-21-9-6-15(12-22(21)31-2)11-20-25(30)33-23(28-20)16-7-8-19(27)18(26)13-16/h3-13H,1-2H3/b20-11-. The lowest BCUT2D eigenvalue weighted by molar-refractivity contribution is -0.129. The van der Waals surface area contributed by atoms with Gasteiger partial charge < -0.3 is 14.2 Å². The van der Waals surface area contributed by atoms with Crippen LogP contribution in [0.15, 0.2) is 75.8 Å². The van der Waals surface area contributed by atoms with Crippen LogP contribution in [0.5, 0.6) is 11.5 Å². The van der Waals surface area contributed by atoms with Gasteiger partial charge in [-0.3, -0.25) is 0 Å². The number of methoxy groups -OCH3 is 1. The molecular formula is C25H17BrINO5. The van der Waals surface area contributed by atoms with E-state index in [-0.39, 0.29) is 17.3 Å². The molecule has 0 bridgehead atoms. The predicted molar refractivity (Wildman–Crippen MR) is 137 cm³/mol. The molecule has 0 fully saturated rings. The van der Waals surface area contributed by atoms with Gasteiger partial charge in [0.25, 0.3) is 0 Å². The molecular weight excluding hydrogens is 601 g/mol. The second-order valence-corrected chi connectivity index (χ2v) is 9.15. The fourth-order valence-electron chi connectivity index (χ4n) is 3.11. The van der Waals surface area contributed by atoms with E-state index in [9.17, 15) is 9.59 Å². The molecule has 4 rings (SSSR count). The van der Waals surface area contributed by atoms with Crippen molar-refractivity contribution in [2.24, 2.45) is 4.99 Å². The summed E-state index contributed by atoms with van der Waals surface area (Å²) in [7, 11) is 1.48. The van der Waals surface area contributed by atoms with Gasteiger partial charge in [0.2, 0.25) is 5.90 Å². The van der Waals surface area contributed by atoms with Crippen LogP contribution in [-0.2, 0) is 9.53 Å². The summed E-state index contributed by atoms with van der Waals surface area (Å²) in [4.78, 5) is 29.2. The van der Waals surface area contributed by atoms with E-state index in [0.717, 1.165) is 13.6 Å². The second-order valence-electron chi connectivity index (χ2n) is 7.13. The number of nitrogens with zero attached hydrogens (tertiary/aromatic N) is 1. The molecule has 0 spiro atoms. The van der Waals surface area contributed by atoms with Crippen molar-refractivity contribution in [2.45, 2.75) is 6.92 Å². The number of esters is 2. The van der Waals surface area contributed by atoms with E-state index in [0.29, 0.717) is 22.4 Å². The van der Waals surface area contributed by atoms with Crippen molar-refractivity contribution in [3.8, 4) is 11.5 Å². The highest BCUT2D eigenvalue weighted by atomic mass is 127. The van der Waals surface area contributed by atoms with E-state index in [1.807, 2.05) is 31.2 Å². The van der Waals surface area contributed by atoms with E-state index >= 15 is 0 Å². The Morgan fingerprint density at radius 2 is 1.91 bits per heavy atom. The van der Waals surface area contributed by atoms with Gasteiger partial charge in [0.15, 0.2) is 17.2 Å². The summed E-state index contributed by atoms with van der Waals surface area (Å²) in [6, 6.07) is 17.7. The number of cyclic esters (lactones) is 1. The van der Waals surface area contributed by atoms with Gasteiger partial charge in [0, 0.05) is 13.6 Å². The van der Waals surface area contributed by atoms with Crippen molar-refractivity contribution in [1.29, 1.82) is 0 Å². The molecule has 0 saturated heterocycles. The number of ether oxygens (including phenoxy) is 3. The van der Waals surface area contributed by atoms with Crippen molar-refractivity contribution in [1.82, 2.24) is 0 Å². The minimum atomic E-state index is -0.548. The van der Waals surface area contributed by atoms with Gasteiger partial charge in [0.1, 0.15) is 0 Å². The molecule has 0 atom stereocenters. The lowest BCUT2D eigenvalue weighted by Crippen LogP contribution is -2.09. The molecule has 33 heavy (non-hydrogen) atoms. The van der Waals surface area contributed by atoms with Crippen LogP contribution in [-0.4, -0.2) is 24.9 Å². The number of carbonyl (C=O) groups is 2. The van der Waals surface area contributed by atoms with Crippen LogP contribution >= 0.6 is 38.5 Å². The lowest BCUT2D eigenvalue weighted by atomic mass is 10.1. The molecule has 1 aliphatic rings. The van der Waals surface area contributed by atoms with Crippen molar-refractivity contribution >= 4 is 62.4 Å². The zero-order valence-corrected chi connectivity index (χ0v) is 21.3. The summed E-state index contributed by atoms with van der Waals surface area (Å²) in [5.41, 5.74) is 2.89. The quantitative estimate of drug-likeness (QED) is 0.153. The van der Waals surface area contributed by atoms with Gasteiger partial charge in [-0.2, -0.15) is 0 Å². The first-order valence-corrected chi connectivity index (χ1v) is 11.7. The third-order valence-corrected chi connectivity index (χ3v) is 7.07. The number of rotatable bonds is 5. The van der Waals surface area contributed by atoms with Gasteiger partial charge in [-0.1, -0.05) is 23.8 Å². The number of aliphatic imine (C=N–C) groups is 1. The van der Waals surface area contributed by atoms with Gasteiger partial charge in [-0.05, 0) is 99.5 Å². The number of carbonyl (C=O) groups excluding carboxylic acids is 2. The summed E-state index contributed by atoms with van der Waals surface area (Å²) < 4.78 is 18.2. The molecule has 8 heteroatoms. The Morgan fingerprint density at radius 1 is 1.09 bits per heavy atom. The predicted octanol–water partition coefficient (Wildman–Crippen LogP) is 5.93. The smallest absolute Gasteiger partial charge is 0.363 e. The molecule has 0 amide bonds. The Hall–Kier alpha value is -2.98. The average molecular weight is 618 g/mol. The molecule has 3 aromatic rings. The lowest BCUT2D eigenvalue weighted by Gasteiger charge is -2.10. The minimum absolute atomic E-state index is 0.159. The minimum Gasteiger partial charge on any atom is -0.493 e. The molecule has 0 unspecified atom stereocenters. The molecule has 166 valence electrons. The zero-order chi connectivity index (χ0) is 23.5. The molecule has 0 radical (unpaired) electrons. The summed E-state index contributed by atoms with van der Waals surface area (Å²) in [5, 5.41) is 0. The maximum Gasteiger partial charge on any atom is 0.363 e. The van der Waals surface area contributed by atoms with Crippen LogP contribution < -0.4 is 9.47 Å². The molecule has 1 aliphatic heterocycles. The van der Waals surface area contributed by atoms with Gasteiger partial charge in [0.05, 0.1) is 12.7 Å². The Morgan fingerprint density at radius 3 is 2.64 bits per heavy atom. The molecule has 0 aromatic heterocycles. The van der Waals surface area contributed by atoms with Gasteiger partial charge in [-0.25, -0.2) is 14.6 Å². The van der Waals surface area contributed by atoms with Crippen LogP contribution in [0.1, 0.15) is 27.0 Å². The highest BCUT2D eigenvalue weighted by Gasteiger charge is 2.25. The first kappa shape index (κ1) is 23.2. The molecule has 6 nitrogen and oxygen atoms in total. The molecule has 0 N–H and O–H groups in total. The van der Waals surface area contributed by atoms with Crippen LogP contribution in [0, 0.1) is 10.5 Å². The highest BCUT2D eigenvalue weighted by molar-refractivity contribution is 14.1. The van der Waals surface area contributed by atoms with Crippen LogP contribution in [0.2, 0.25) is 0 Å². The molecule has 1 heterocycles. The molecule has 3 aromatic carbocycles. The van der Waals surface area contributed by atoms with Crippen LogP contribution in [0.25, 0.3) is 6.08 Å². The first-order valence-electron chi connectivity index (χ1n) is 9.79. The average Bonchev–Trinajstić information content (AvgIpc) is 3.16. The monoisotopic (exact) mass is 617 g/mol. The van der Waals surface area contributed by atoms with E-state index in [1.54, 1.807) is 42.5 Å². The van der Waals surface area contributed by atoms with Crippen LogP contribution in [0.4, 0.5) is 0 Å². The number of halogens is 2. The third-order valence-electron chi connectivity index (χ3n) is 4.73. The van der Waals surface area contributed by atoms with E-state index in [1.165, 1.54) is 7.11 Å². The van der Waals surface area contributed by atoms with Gasteiger partial charge in [-0.15, -0.1) is 0 Å². The summed E-state index contributed by atoms with van der Waals surface area (Å²) in [5.74, 6) is -0.177. The molecule has 0 saturated carbocycles. The Balaban J connectivity index is 1.58. The topological polar surface area (TPSA) is 74.2 Å². The van der Waals surface area contributed by atoms with Crippen LogP contribution in [0.3, 0.4) is 0 Å².